The molecule has 0 aliphatic heterocycles. The lowest BCUT2D eigenvalue weighted by Crippen LogP contribution is -2.32. The third kappa shape index (κ3) is 2.54. The van der Waals surface area contributed by atoms with E-state index in [-0.39, 0.29) is 0 Å². The minimum atomic E-state index is 0.628. The van der Waals surface area contributed by atoms with Crippen LogP contribution in [0.4, 0.5) is 0 Å². The van der Waals surface area contributed by atoms with Crippen LogP contribution < -0.4 is 5.73 Å². The van der Waals surface area contributed by atoms with Crippen LogP contribution in [0.5, 0.6) is 0 Å². The standard InChI is InChI=1S/C18H29N3/c1-12-4-2-3-5-16(12)17-11-21(15-8-13(9-15)10-19)20-18(17)14-6-7-14/h11-16H,2-10,19H2,1H3. The Kier molecular flexibility index (Phi) is 3.56. The molecule has 3 heteroatoms. The smallest absolute Gasteiger partial charge is 0.0690 e. The second-order valence-electron chi connectivity index (χ2n) is 7.82. The molecule has 0 amide bonds. The van der Waals surface area contributed by atoms with Crippen LogP contribution in [-0.4, -0.2) is 16.3 Å². The molecule has 3 nitrogen and oxygen atoms in total. The van der Waals surface area contributed by atoms with Crippen LogP contribution in [0.1, 0.15) is 87.4 Å². The van der Waals surface area contributed by atoms with E-state index in [4.69, 9.17) is 10.8 Å². The van der Waals surface area contributed by atoms with Gasteiger partial charge in [-0.3, -0.25) is 4.68 Å². The molecule has 2 unspecified atom stereocenters. The molecule has 3 aliphatic rings. The molecular formula is C18H29N3. The SMILES string of the molecule is CC1CCCCC1c1cn(C2CC(CN)C2)nc1C1CC1. The molecule has 2 atom stereocenters. The van der Waals surface area contributed by atoms with Gasteiger partial charge in [0.2, 0.25) is 0 Å². The molecular weight excluding hydrogens is 258 g/mol. The van der Waals surface area contributed by atoms with Crippen molar-refractivity contribution in [3.63, 3.8) is 0 Å². The van der Waals surface area contributed by atoms with E-state index in [0.717, 1.165) is 30.2 Å². The van der Waals surface area contributed by atoms with Gasteiger partial charge in [0.15, 0.2) is 0 Å². The van der Waals surface area contributed by atoms with Crippen LogP contribution in [0.3, 0.4) is 0 Å². The Morgan fingerprint density at radius 3 is 2.62 bits per heavy atom. The lowest BCUT2D eigenvalue weighted by Gasteiger charge is -2.34. The van der Waals surface area contributed by atoms with Crippen LogP contribution in [-0.2, 0) is 0 Å². The van der Waals surface area contributed by atoms with Gasteiger partial charge in [0.25, 0.3) is 0 Å². The van der Waals surface area contributed by atoms with E-state index in [2.05, 4.69) is 17.8 Å². The van der Waals surface area contributed by atoms with Gasteiger partial charge in [0, 0.05) is 12.1 Å². The fourth-order valence-electron chi connectivity index (χ4n) is 4.45. The van der Waals surface area contributed by atoms with Gasteiger partial charge < -0.3 is 5.73 Å². The van der Waals surface area contributed by atoms with E-state index in [1.807, 2.05) is 0 Å². The Morgan fingerprint density at radius 1 is 1.19 bits per heavy atom. The minimum absolute atomic E-state index is 0.628. The first-order valence-corrected chi connectivity index (χ1v) is 9.05. The van der Waals surface area contributed by atoms with E-state index < -0.39 is 0 Å². The van der Waals surface area contributed by atoms with Crippen LogP contribution in [0, 0.1) is 11.8 Å². The molecule has 116 valence electrons. The zero-order valence-electron chi connectivity index (χ0n) is 13.3. The molecule has 4 rings (SSSR count). The Labute approximate surface area is 128 Å². The Balaban J connectivity index is 1.58. The molecule has 3 aliphatic carbocycles. The van der Waals surface area contributed by atoms with Crippen molar-refractivity contribution in [1.82, 2.24) is 9.78 Å². The molecule has 21 heavy (non-hydrogen) atoms. The molecule has 2 N–H and O–H groups in total. The minimum Gasteiger partial charge on any atom is -0.330 e. The van der Waals surface area contributed by atoms with Crippen molar-refractivity contribution in [1.29, 1.82) is 0 Å². The molecule has 1 aromatic rings. The van der Waals surface area contributed by atoms with Gasteiger partial charge in [-0.15, -0.1) is 0 Å². The van der Waals surface area contributed by atoms with E-state index in [1.54, 1.807) is 5.56 Å². The summed E-state index contributed by atoms with van der Waals surface area (Å²) in [6, 6.07) is 0.628. The lowest BCUT2D eigenvalue weighted by molar-refractivity contribution is 0.189. The molecule has 0 saturated heterocycles. The first kappa shape index (κ1) is 13.8. The second kappa shape index (κ2) is 5.42. The highest BCUT2D eigenvalue weighted by Gasteiger charge is 2.37. The lowest BCUT2D eigenvalue weighted by atomic mass is 9.76. The monoisotopic (exact) mass is 287 g/mol. The van der Waals surface area contributed by atoms with Crippen LogP contribution in [0.25, 0.3) is 0 Å². The maximum atomic E-state index is 5.77. The highest BCUT2D eigenvalue weighted by molar-refractivity contribution is 5.29. The van der Waals surface area contributed by atoms with Crippen LogP contribution in [0.15, 0.2) is 6.20 Å². The van der Waals surface area contributed by atoms with Crippen LogP contribution in [0.2, 0.25) is 0 Å². The van der Waals surface area contributed by atoms with Gasteiger partial charge in [-0.2, -0.15) is 5.10 Å². The molecule has 0 aromatic carbocycles. The molecule has 0 bridgehead atoms. The molecule has 0 radical (unpaired) electrons. The fourth-order valence-corrected chi connectivity index (χ4v) is 4.45. The summed E-state index contributed by atoms with van der Waals surface area (Å²) >= 11 is 0. The van der Waals surface area contributed by atoms with Crippen molar-refractivity contribution in [3.8, 4) is 0 Å². The Morgan fingerprint density at radius 2 is 1.95 bits per heavy atom. The van der Waals surface area contributed by atoms with Gasteiger partial charge in [-0.25, -0.2) is 0 Å². The van der Waals surface area contributed by atoms with Gasteiger partial charge in [-0.1, -0.05) is 26.2 Å². The van der Waals surface area contributed by atoms with Gasteiger partial charge >= 0.3 is 0 Å². The summed E-state index contributed by atoms with van der Waals surface area (Å²) in [5, 5.41) is 5.05. The van der Waals surface area contributed by atoms with Gasteiger partial charge in [0.05, 0.1) is 11.7 Å². The summed E-state index contributed by atoms with van der Waals surface area (Å²) in [6.07, 6.45) is 13.2. The third-order valence-corrected chi connectivity index (χ3v) is 6.18. The van der Waals surface area contributed by atoms with Crippen LogP contribution >= 0.6 is 0 Å². The normalized spacial score (nSPS) is 36.5. The number of hydrogen-bond donors (Lipinski definition) is 1. The quantitative estimate of drug-likeness (QED) is 0.910. The first-order valence-electron chi connectivity index (χ1n) is 9.05. The number of nitrogens with two attached hydrogens (primary N) is 1. The van der Waals surface area contributed by atoms with Gasteiger partial charge in [0.1, 0.15) is 0 Å². The molecule has 1 aromatic heterocycles. The topological polar surface area (TPSA) is 43.8 Å². The fraction of sp³-hybridized carbons (Fsp3) is 0.833. The van der Waals surface area contributed by atoms with E-state index in [0.29, 0.717) is 6.04 Å². The number of hydrogen-bond acceptors (Lipinski definition) is 2. The summed E-state index contributed by atoms with van der Waals surface area (Å²) in [4.78, 5) is 0. The maximum Gasteiger partial charge on any atom is 0.0690 e. The average molecular weight is 287 g/mol. The second-order valence-corrected chi connectivity index (χ2v) is 7.82. The summed E-state index contributed by atoms with van der Waals surface area (Å²) in [7, 11) is 0. The van der Waals surface area contributed by atoms with Crippen molar-refractivity contribution in [3.05, 3.63) is 17.5 Å². The van der Waals surface area contributed by atoms with Gasteiger partial charge in [-0.05, 0) is 62.0 Å². The summed E-state index contributed by atoms with van der Waals surface area (Å²) in [6.45, 7) is 3.30. The highest BCUT2D eigenvalue weighted by Crippen LogP contribution is 2.48. The van der Waals surface area contributed by atoms with E-state index in [1.165, 1.54) is 57.1 Å². The Hall–Kier alpha value is -0.830. The number of rotatable bonds is 4. The Bertz CT molecular complexity index is 497. The van der Waals surface area contributed by atoms with Crippen molar-refractivity contribution < 1.29 is 0 Å². The van der Waals surface area contributed by atoms with E-state index >= 15 is 0 Å². The number of nitrogens with zero attached hydrogens (tertiary/aromatic N) is 2. The summed E-state index contributed by atoms with van der Waals surface area (Å²) < 4.78 is 2.32. The highest BCUT2D eigenvalue weighted by atomic mass is 15.3. The zero-order chi connectivity index (χ0) is 14.4. The maximum absolute atomic E-state index is 5.77. The molecule has 3 saturated carbocycles. The third-order valence-electron chi connectivity index (χ3n) is 6.18. The summed E-state index contributed by atoms with van der Waals surface area (Å²) in [5.74, 6) is 3.13. The van der Waals surface area contributed by atoms with E-state index in [9.17, 15) is 0 Å². The average Bonchev–Trinajstić information content (AvgIpc) is 3.19. The predicted molar refractivity (Wildman–Crippen MR) is 85.4 cm³/mol. The largest absolute Gasteiger partial charge is 0.330 e. The first-order chi connectivity index (χ1) is 10.3. The van der Waals surface area contributed by atoms with Crippen molar-refractivity contribution in [2.24, 2.45) is 17.6 Å². The van der Waals surface area contributed by atoms with Crippen molar-refractivity contribution >= 4 is 0 Å². The van der Waals surface area contributed by atoms with Crippen molar-refractivity contribution in [2.45, 2.75) is 76.2 Å². The number of aromatic nitrogens is 2. The zero-order valence-corrected chi connectivity index (χ0v) is 13.3. The predicted octanol–water partition coefficient (Wildman–Crippen LogP) is 3.96. The summed E-state index contributed by atoms with van der Waals surface area (Å²) in [5.41, 5.74) is 8.85. The molecule has 3 fully saturated rings. The van der Waals surface area contributed by atoms with Crippen molar-refractivity contribution in [2.75, 3.05) is 6.54 Å². The molecule has 1 heterocycles. The molecule has 0 spiro atoms.